The second-order valence-electron chi connectivity index (χ2n) is 9.41. The molecule has 1 atom stereocenters. The lowest BCUT2D eigenvalue weighted by molar-refractivity contribution is -0.129. The van der Waals surface area contributed by atoms with Crippen LogP contribution in [0.3, 0.4) is 0 Å². The summed E-state index contributed by atoms with van der Waals surface area (Å²) < 4.78 is 5.46. The van der Waals surface area contributed by atoms with Gasteiger partial charge in [0.1, 0.15) is 0 Å². The molecule has 0 bridgehead atoms. The summed E-state index contributed by atoms with van der Waals surface area (Å²) >= 11 is 18.6. The van der Waals surface area contributed by atoms with Crippen LogP contribution in [-0.2, 0) is 9.53 Å². The number of nitrogens with one attached hydrogen (secondary N) is 2. The number of thiocarbonyl (C=S) groups is 1. The van der Waals surface area contributed by atoms with Gasteiger partial charge in [-0.3, -0.25) is 4.79 Å². The number of morpholine rings is 1. The van der Waals surface area contributed by atoms with Crippen LogP contribution in [-0.4, -0.2) is 61.1 Å². The third-order valence-electron chi connectivity index (χ3n) is 6.93. The first-order chi connectivity index (χ1) is 18.3. The van der Waals surface area contributed by atoms with Gasteiger partial charge in [0.15, 0.2) is 5.11 Å². The van der Waals surface area contributed by atoms with Gasteiger partial charge in [-0.2, -0.15) is 0 Å². The summed E-state index contributed by atoms with van der Waals surface area (Å²) in [6.07, 6.45) is 2.22. The Balaban J connectivity index is 1.41. The summed E-state index contributed by atoms with van der Waals surface area (Å²) in [4.78, 5) is 22.4. The molecular weight excluding hydrogens is 541 g/mol. The zero-order chi connectivity index (χ0) is 26.8. The van der Waals surface area contributed by atoms with E-state index in [4.69, 9.17) is 45.1 Å². The van der Waals surface area contributed by atoms with Gasteiger partial charge in [-0.15, -0.1) is 0 Å². The van der Waals surface area contributed by atoms with Crippen LogP contribution in [0.2, 0.25) is 5.02 Å². The van der Waals surface area contributed by atoms with E-state index >= 15 is 0 Å². The molecule has 5 rings (SSSR count). The number of hydrogen-bond acceptors (Lipinski definition) is 5. The Kier molecular flexibility index (Phi) is 8.04. The molecule has 2 N–H and O–H groups in total. The molecule has 2 aliphatic heterocycles. The largest absolute Gasteiger partial charge is 0.378 e. The summed E-state index contributed by atoms with van der Waals surface area (Å²) in [6, 6.07) is 13.7. The molecule has 2 aromatic carbocycles. The topological polar surface area (TPSA) is 69.2 Å². The van der Waals surface area contributed by atoms with Crippen LogP contribution in [0.5, 0.6) is 0 Å². The average molecular weight is 571 g/mol. The highest BCUT2D eigenvalue weighted by atomic mass is 35.5. The molecule has 1 unspecified atom stereocenters. The molecule has 2 aromatic rings. The fraction of sp³-hybridized carbons (Fsp3) is 0.321. The van der Waals surface area contributed by atoms with Crippen molar-refractivity contribution in [1.82, 2.24) is 10.2 Å². The molecular formula is C28H29Cl2N5O2S. The predicted octanol–water partition coefficient (Wildman–Crippen LogP) is 5.23. The number of aliphatic imine (C=N–C) groups is 1. The zero-order valence-electron chi connectivity index (χ0n) is 21.3. The molecule has 1 aliphatic carbocycles. The van der Waals surface area contributed by atoms with Crippen molar-refractivity contribution in [3.8, 4) is 0 Å². The molecule has 2 heterocycles. The number of nitrogens with zero attached hydrogens (tertiary/aromatic N) is 3. The molecule has 38 heavy (non-hydrogen) atoms. The molecule has 0 saturated carbocycles. The fourth-order valence-electron chi connectivity index (χ4n) is 4.86. The fourth-order valence-corrected chi connectivity index (χ4v) is 5.51. The maximum absolute atomic E-state index is 13.6. The number of ether oxygens (including phenoxy) is 1. The number of hydrogen-bond donors (Lipinski definition) is 2. The highest BCUT2D eigenvalue weighted by Crippen LogP contribution is 2.34. The summed E-state index contributed by atoms with van der Waals surface area (Å²) in [5.41, 5.74) is 6.03. The maximum Gasteiger partial charge on any atom is 0.271 e. The lowest BCUT2D eigenvalue weighted by Gasteiger charge is -2.29. The summed E-state index contributed by atoms with van der Waals surface area (Å²) in [7, 11) is 1.76. The monoisotopic (exact) mass is 569 g/mol. The molecule has 1 amide bonds. The molecule has 1 saturated heterocycles. The first-order valence-corrected chi connectivity index (χ1v) is 13.7. The normalized spacial score (nSPS) is 19.9. The van der Waals surface area contributed by atoms with E-state index in [1.807, 2.05) is 43.3 Å². The smallest absolute Gasteiger partial charge is 0.271 e. The third kappa shape index (κ3) is 5.59. The van der Waals surface area contributed by atoms with Crippen molar-refractivity contribution in [3.63, 3.8) is 0 Å². The van der Waals surface area contributed by atoms with Crippen molar-refractivity contribution in [2.24, 2.45) is 4.99 Å². The molecule has 10 heteroatoms. The van der Waals surface area contributed by atoms with Crippen LogP contribution in [0, 0.1) is 6.92 Å². The minimum atomic E-state index is -0.947. The minimum Gasteiger partial charge on any atom is -0.378 e. The zero-order valence-corrected chi connectivity index (χ0v) is 23.6. The van der Waals surface area contributed by atoms with Crippen LogP contribution in [0.4, 0.5) is 11.4 Å². The number of halogens is 2. The summed E-state index contributed by atoms with van der Waals surface area (Å²) in [6.45, 7) is 5.23. The molecule has 1 fully saturated rings. The lowest BCUT2D eigenvalue weighted by atomic mass is 9.94. The van der Waals surface area contributed by atoms with Crippen LogP contribution in [0.25, 0.3) is 0 Å². The van der Waals surface area contributed by atoms with Gasteiger partial charge in [0.05, 0.1) is 18.9 Å². The number of allylic oxidation sites excluding steroid dienone is 4. The summed E-state index contributed by atoms with van der Waals surface area (Å²) in [5, 5.41) is 7.92. The van der Waals surface area contributed by atoms with Crippen molar-refractivity contribution in [1.29, 1.82) is 0 Å². The highest BCUT2D eigenvalue weighted by Gasteiger charge is 2.33. The van der Waals surface area contributed by atoms with Gasteiger partial charge in [-0.05, 0) is 67.9 Å². The molecule has 0 spiro atoms. The van der Waals surface area contributed by atoms with Crippen molar-refractivity contribution in [2.75, 3.05) is 43.6 Å². The number of amides is 1. The van der Waals surface area contributed by atoms with Gasteiger partial charge in [0, 0.05) is 58.4 Å². The number of carbonyl (C=O) groups is 1. The number of rotatable bonds is 4. The van der Waals surface area contributed by atoms with E-state index in [9.17, 15) is 4.79 Å². The Labute approximate surface area is 238 Å². The average Bonchev–Trinajstić information content (AvgIpc) is 3.01. The molecule has 0 radical (unpaired) electrons. The van der Waals surface area contributed by atoms with Crippen LogP contribution in [0.15, 0.2) is 69.8 Å². The van der Waals surface area contributed by atoms with Crippen molar-refractivity contribution < 1.29 is 9.53 Å². The second kappa shape index (κ2) is 11.5. The first kappa shape index (κ1) is 26.7. The minimum absolute atomic E-state index is 0.213. The Bertz CT molecular complexity index is 1370. The Morgan fingerprint density at radius 3 is 2.63 bits per heavy atom. The maximum atomic E-state index is 13.6. The third-order valence-corrected chi connectivity index (χ3v) is 7.77. The molecule has 7 nitrogen and oxygen atoms in total. The number of carbonyl (C=O) groups excluding carboxylic acids is 1. The first-order valence-electron chi connectivity index (χ1n) is 12.5. The Morgan fingerprint density at radius 1 is 1.13 bits per heavy atom. The number of benzene rings is 2. The van der Waals surface area contributed by atoms with E-state index in [1.54, 1.807) is 11.9 Å². The quantitative estimate of drug-likeness (QED) is 0.491. The number of aryl methyl sites for hydroxylation is 1. The Morgan fingerprint density at radius 2 is 1.89 bits per heavy atom. The standard InChI is InChI=1S/C28H29Cl2N5O2S/c1-17-15-19(35-11-13-37-14-12-35)8-9-23(17)31-28(38)33-26-27(36)34(2)24-10-7-18(29)16-21(24)25(32-26)20-5-3-4-6-22(20)30/h3-6,8-9,15-16,26H,7,10-14H2,1-2H3,(H2,31,33,38). The van der Waals surface area contributed by atoms with Gasteiger partial charge in [0.25, 0.3) is 5.91 Å². The van der Waals surface area contributed by atoms with Crippen molar-refractivity contribution in [2.45, 2.75) is 25.9 Å². The van der Waals surface area contributed by atoms with Gasteiger partial charge in [0.2, 0.25) is 6.17 Å². The molecule has 198 valence electrons. The number of likely N-dealkylation sites (N-methyl/N-ethyl adjacent to an activating group) is 1. The lowest BCUT2D eigenvalue weighted by Crippen LogP contribution is -2.47. The van der Waals surface area contributed by atoms with Crippen LogP contribution in [0.1, 0.15) is 24.0 Å². The van der Waals surface area contributed by atoms with Gasteiger partial charge in [-0.1, -0.05) is 41.4 Å². The van der Waals surface area contributed by atoms with E-state index in [1.165, 1.54) is 0 Å². The second-order valence-corrected chi connectivity index (χ2v) is 10.7. The van der Waals surface area contributed by atoms with Crippen LogP contribution < -0.4 is 15.5 Å². The SMILES string of the molecule is Cc1cc(N2CCOCC2)ccc1NC(=S)NC1N=C(c2ccccc2Cl)C2=C(CCC(Cl)=C2)N(C)C1=O. The van der Waals surface area contributed by atoms with Gasteiger partial charge in [-0.25, -0.2) is 4.99 Å². The molecule has 0 aromatic heterocycles. The van der Waals surface area contributed by atoms with Gasteiger partial charge < -0.3 is 25.2 Å². The number of anilines is 2. The van der Waals surface area contributed by atoms with E-state index in [2.05, 4.69) is 27.7 Å². The van der Waals surface area contributed by atoms with E-state index in [0.29, 0.717) is 33.7 Å². The van der Waals surface area contributed by atoms with Crippen molar-refractivity contribution >= 4 is 63.5 Å². The predicted molar refractivity (Wildman–Crippen MR) is 158 cm³/mol. The Hall–Kier alpha value is -2.91. The van der Waals surface area contributed by atoms with Gasteiger partial charge >= 0.3 is 0 Å². The van der Waals surface area contributed by atoms with E-state index < -0.39 is 6.17 Å². The molecule has 3 aliphatic rings. The van der Waals surface area contributed by atoms with E-state index in [0.717, 1.165) is 60.1 Å². The van der Waals surface area contributed by atoms with Crippen LogP contribution >= 0.6 is 35.4 Å². The van der Waals surface area contributed by atoms with Crippen molar-refractivity contribution in [3.05, 3.63) is 81.0 Å². The summed E-state index contributed by atoms with van der Waals surface area (Å²) in [5.74, 6) is -0.213. The highest BCUT2D eigenvalue weighted by molar-refractivity contribution is 7.80. The van der Waals surface area contributed by atoms with E-state index in [-0.39, 0.29) is 5.91 Å².